The van der Waals surface area contributed by atoms with Crippen LogP contribution in [0.3, 0.4) is 0 Å². The van der Waals surface area contributed by atoms with E-state index in [1.54, 1.807) is 19.9 Å². The first-order valence-corrected chi connectivity index (χ1v) is 11.8. The van der Waals surface area contributed by atoms with Gasteiger partial charge >= 0.3 is 0 Å². The lowest BCUT2D eigenvalue weighted by Gasteiger charge is -2.17. The SMILES string of the molecule is CCOc1cc(C(=O)NNC(=O)CSCC(=O)Nc2ccccc2F)cc(OCC)c1OCC. The van der Waals surface area contributed by atoms with Crippen molar-refractivity contribution in [1.82, 2.24) is 10.9 Å². The average Bonchev–Trinajstić information content (AvgIpc) is 2.81. The molecule has 0 heterocycles. The van der Waals surface area contributed by atoms with Crippen LogP contribution in [0.5, 0.6) is 17.2 Å². The Morgan fingerprint density at radius 1 is 0.853 bits per heavy atom. The van der Waals surface area contributed by atoms with E-state index in [9.17, 15) is 18.8 Å². The maximum atomic E-state index is 13.6. The minimum absolute atomic E-state index is 0.0655. The number of ether oxygens (including phenoxy) is 3. The van der Waals surface area contributed by atoms with Crippen molar-refractivity contribution in [3.05, 3.63) is 47.8 Å². The third-order valence-corrected chi connectivity index (χ3v) is 5.03. The largest absolute Gasteiger partial charge is 0.490 e. The smallest absolute Gasteiger partial charge is 0.269 e. The maximum Gasteiger partial charge on any atom is 0.269 e. The molecule has 9 nitrogen and oxygen atoms in total. The minimum Gasteiger partial charge on any atom is -0.490 e. The zero-order valence-corrected chi connectivity index (χ0v) is 20.1. The fraction of sp³-hybridized carbons (Fsp3) is 0.348. The zero-order valence-electron chi connectivity index (χ0n) is 19.2. The Hall–Kier alpha value is -3.47. The molecule has 2 rings (SSSR count). The summed E-state index contributed by atoms with van der Waals surface area (Å²) < 4.78 is 30.3. The van der Waals surface area contributed by atoms with Crippen LogP contribution >= 0.6 is 11.8 Å². The van der Waals surface area contributed by atoms with Crippen LogP contribution in [0.4, 0.5) is 10.1 Å². The molecule has 0 bridgehead atoms. The van der Waals surface area contributed by atoms with Gasteiger partial charge in [0.2, 0.25) is 17.6 Å². The second-order valence-electron chi connectivity index (χ2n) is 6.62. The molecule has 0 unspecified atom stereocenters. The van der Waals surface area contributed by atoms with Crippen molar-refractivity contribution < 1.29 is 33.0 Å². The molecule has 0 aliphatic rings. The van der Waals surface area contributed by atoms with Crippen LogP contribution in [0, 0.1) is 5.82 Å². The third kappa shape index (κ3) is 8.14. The molecule has 2 aromatic rings. The molecule has 0 spiro atoms. The molecule has 11 heteroatoms. The second kappa shape index (κ2) is 13.9. The summed E-state index contributed by atoms with van der Waals surface area (Å²) >= 11 is 1.01. The molecule has 0 aliphatic heterocycles. The Morgan fingerprint density at radius 3 is 2.03 bits per heavy atom. The van der Waals surface area contributed by atoms with Crippen LogP contribution in [-0.2, 0) is 9.59 Å². The van der Waals surface area contributed by atoms with Crippen molar-refractivity contribution in [1.29, 1.82) is 0 Å². The highest BCUT2D eigenvalue weighted by atomic mass is 32.2. The number of hydrogen-bond acceptors (Lipinski definition) is 7. The topological polar surface area (TPSA) is 115 Å². The van der Waals surface area contributed by atoms with Gasteiger partial charge in [0.25, 0.3) is 5.91 Å². The summed E-state index contributed by atoms with van der Waals surface area (Å²) in [5.74, 6) is -1.15. The number of hydrogen-bond donors (Lipinski definition) is 3. The Labute approximate surface area is 201 Å². The zero-order chi connectivity index (χ0) is 24.9. The quantitative estimate of drug-likeness (QED) is 0.389. The van der Waals surface area contributed by atoms with E-state index in [1.165, 1.54) is 30.3 Å². The molecular weight excluding hydrogens is 465 g/mol. The molecule has 0 radical (unpaired) electrons. The Bertz CT molecular complexity index is 977. The van der Waals surface area contributed by atoms with E-state index in [0.717, 1.165) is 11.8 Å². The van der Waals surface area contributed by atoms with Gasteiger partial charge < -0.3 is 19.5 Å². The predicted molar refractivity (Wildman–Crippen MR) is 128 cm³/mol. The van der Waals surface area contributed by atoms with Crippen molar-refractivity contribution in [2.75, 3.05) is 36.6 Å². The van der Waals surface area contributed by atoms with Gasteiger partial charge in [-0.05, 0) is 45.0 Å². The summed E-state index contributed by atoms with van der Waals surface area (Å²) in [6.45, 7) is 6.53. The number of para-hydroxylation sites is 1. The van der Waals surface area contributed by atoms with Crippen LogP contribution in [0.2, 0.25) is 0 Å². The van der Waals surface area contributed by atoms with E-state index in [4.69, 9.17) is 14.2 Å². The van der Waals surface area contributed by atoms with Crippen molar-refractivity contribution in [2.24, 2.45) is 0 Å². The van der Waals surface area contributed by atoms with Crippen LogP contribution in [0.25, 0.3) is 0 Å². The molecule has 34 heavy (non-hydrogen) atoms. The fourth-order valence-corrected chi connectivity index (χ4v) is 3.36. The van der Waals surface area contributed by atoms with E-state index in [1.807, 2.05) is 6.92 Å². The van der Waals surface area contributed by atoms with Gasteiger partial charge in [0.05, 0.1) is 37.0 Å². The van der Waals surface area contributed by atoms with Crippen molar-refractivity contribution >= 4 is 35.2 Å². The van der Waals surface area contributed by atoms with Gasteiger partial charge in [0.1, 0.15) is 5.82 Å². The van der Waals surface area contributed by atoms with Gasteiger partial charge in [0.15, 0.2) is 11.5 Å². The number of amides is 3. The van der Waals surface area contributed by atoms with Crippen molar-refractivity contribution in [2.45, 2.75) is 20.8 Å². The maximum absolute atomic E-state index is 13.6. The Morgan fingerprint density at radius 2 is 1.44 bits per heavy atom. The van der Waals surface area contributed by atoms with Crippen LogP contribution in [-0.4, -0.2) is 49.0 Å². The minimum atomic E-state index is -0.583. The normalized spacial score (nSPS) is 10.2. The van der Waals surface area contributed by atoms with Gasteiger partial charge in [-0.3, -0.25) is 25.2 Å². The van der Waals surface area contributed by atoms with Crippen LogP contribution < -0.4 is 30.4 Å². The van der Waals surface area contributed by atoms with E-state index < -0.39 is 23.5 Å². The Kier molecular flexibility index (Phi) is 11.0. The standard InChI is InChI=1S/C23H28FN3O6S/c1-4-31-18-11-15(12-19(32-5-2)22(18)33-6-3)23(30)27-26-21(29)14-34-13-20(28)25-17-10-8-7-9-16(17)24/h7-12H,4-6,13-14H2,1-3H3,(H,25,28)(H,26,29)(H,27,30). The number of halogens is 1. The highest BCUT2D eigenvalue weighted by molar-refractivity contribution is 8.00. The van der Waals surface area contributed by atoms with Gasteiger partial charge in [-0.25, -0.2) is 4.39 Å². The summed E-state index contributed by atoms with van der Waals surface area (Å²) in [7, 11) is 0. The molecule has 0 atom stereocenters. The molecular formula is C23H28FN3O6S. The van der Waals surface area contributed by atoms with Gasteiger partial charge in [0, 0.05) is 5.56 Å². The van der Waals surface area contributed by atoms with Crippen LogP contribution in [0.15, 0.2) is 36.4 Å². The number of benzene rings is 2. The molecule has 0 fully saturated rings. The third-order valence-electron chi connectivity index (χ3n) is 4.10. The van der Waals surface area contributed by atoms with Gasteiger partial charge in [-0.1, -0.05) is 12.1 Å². The summed E-state index contributed by atoms with van der Waals surface area (Å²) in [6, 6.07) is 8.79. The number of carbonyl (C=O) groups is 3. The lowest BCUT2D eigenvalue weighted by Crippen LogP contribution is -2.42. The van der Waals surface area contributed by atoms with E-state index in [2.05, 4.69) is 16.2 Å². The molecule has 0 aromatic heterocycles. The highest BCUT2D eigenvalue weighted by Crippen LogP contribution is 2.39. The first-order valence-electron chi connectivity index (χ1n) is 10.7. The summed E-state index contributed by atoms with van der Waals surface area (Å²) in [5, 5.41) is 2.43. The monoisotopic (exact) mass is 493 g/mol. The highest BCUT2D eigenvalue weighted by Gasteiger charge is 2.19. The van der Waals surface area contributed by atoms with E-state index in [0.29, 0.717) is 37.1 Å². The predicted octanol–water partition coefficient (Wildman–Crippen LogP) is 3.15. The summed E-state index contributed by atoms with van der Waals surface area (Å²) in [5.41, 5.74) is 4.88. The summed E-state index contributed by atoms with van der Waals surface area (Å²) in [4.78, 5) is 36.5. The molecule has 3 N–H and O–H groups in total. The molecule has 0 saturated carbocycles. The lowest BCUT2D eigenvalue weighted by molar-refractivity contribution is -0.119. The second-order valence-corrected chi connectivity index (χ2v) is 7.61. The first-order chi connectivity index (χ1) is 16.4. The fourth-order valence-electron chi connectivity index (χ4n) is 2.74. The average molecular weight is 494 g/mol. The van der Waals surface area contributed by atoms with Gasteiger partial charge in [-0.15, -0.1) is 11.8 Å². The number of hydrazine groups is 1. The first kappa shape index (κ1) is 26.8. The van der Waals surface area contributed by atoms with Gasteiger partial charge in [-0.2, -0.15) is 0 Å². The van der Waals surface area contributed by atoms with E-state index >= 15 is 0 Å². The molecule has 2 aromatic carbocycles. The van der Waals surface area contributed by atoms with Crippen molar-refractivity contribution in [3.8, 4) is 17.2 Å². The number of anilines is 1. The molecule has 3 amide bonds. The summed E-state index contributed by atoms with van der Waals surface area (Å²) in [6.07, 6.45) is 0. The Balaban J connectivity index is 1.88. The molecule has 0 aliphatic carbocycles. The van der Waals surface area contributed by atoms with E-state index in [-0.39, 0.29) is 22.8 Å². The number of carbonyl (C=O) groups excluding carboxylic acids is 3. The lowest BCUT2D eigenvalue weighted by atomic mass is 10.1. The molecule has 0 saturated heterocycles. The molecule has 184 valence electrons. The van der Waals surface area contributed by atoms with Crippen molar-refractivity contribution in [3.63, 3.8) is 0 Å². The number of nitrogens with one attached hydrogen (secondary N) is 3. The number of thioether (sulfide) groups is 1. The number of rotatable bonds is 12. The van der Waals surface area contributed by atoms with Crippen LogP contribution in [0.1, 0.15) is 31.1 Å².